The average Bonchev–Trinajstić information content (AvgIpc) is 3.03. The van der Waals surface area contributed by atoms with E-state index in [1.54, 1.807) is 19.2 Å². The van der Waals surface area contributed by atoms with Crippen molar-refractivity contribution in [3.8, 4) is 17.0 Å². The Kier molecular flexibility index (Phi) is 4.43. The third kappa shape index (κ3) is 3.36. The van der Waals surface area contributed by atoms with Gasteiger partial charge in [0.1, 0.15) is 5.75 Å². The van der Waals surface area contributed by atoms with E-state index in [1.165, 1.54) is 23.5 Å². The lowest BCUT2D eigenvalue weighted by Gasteiger charge is -2.05. The minimum atomic E-state index is -0.418. The molecule has 3 aromatic rings. The second kappa shape index (κ2) is 6.67. The first-order valence-corrected chi connectivity index (χ1v) is 8.07. The van der Waals surface area contributed by atoms with Crippen LogP contribution in [-0.4, -0.2) is 17.0 Å². The van der Waals surface area contributed by atoms with E-state index in [9.17, 15) is 10.1 Å². The summed E-state index contributed by atoms with van der Waals surface area (Å²) in [5.74, 6) is 0.837. The van der Waals surface area contributed by atoms with E-state index in [2.05, 4.69) is 10.3 Å². The lowest BCUT2D eigenvalue weighted by atomic mass is 10.1. The molecule has 0 bridgehead atoms. The van der Waals surface area contributed by atoms with E-state index in [1.807, 2.05) is 30.5 Å². The molecule has 0 saturated heterocycles. The van der Waals surface area contributed by atoms with Crippen LogP contribution in [0.15, 0.2) is 47.8 Å². The van der Waals surface area contributed by atoms with Crippen molar-refractivity contribution in [1.29, 1.82) is 0 Å². The Labute approximate surface area is 142 Å². The Morgan fingerprint density at radius 2 is 2.08 bits per heavy atom. The van der Waals surface area contributed by atoms with E-state index in [0.717, 1.165) is 22.6 Å². The number of hydrogen-bond donors (Lipinski definition) is 1. The Balaban J connectivity index is 1.82. The Morgan fingerprint density at radius 1 is 1.25 bits per heavy atom. The van der Waals surface area contributed by atoms with E-state index >= 15 is 0 Å². The van der Waals surface area contributed by atoms with Crippen molar-refractivity contribution in [2.45, 2.75) is 6.92 Å². The zero-order valence-corrected chi connectivity index (χ0v) is 14.0. The lowest BCUT2D eigenvalue weighted by molar-refractivity contribution is -0.384. The van der Waals surface area contributed by atoms with Gasteiger partial charge in [-0.05, 0) is 36.8 Å². The second-order valence-corrected chi connectivity index (χ2v) is 6.01. The largest absolute Gasteiger partial charge is 0.496 e. The summed E-state index contributed by atoms with van der Waals surface area (Å²) in [6.45, 7) is 1.98. The first-order valence-electron chi connectivity index (χ1n) is 7.19. The second-order valence-electron chi connectivity index (χ2n) is 5.15. The number of nitro groups is 1. The lowest BCUT2D eigenvalue weighted by Crippen LogP contribution is -1.92. The Bertz CT molecular complexity index is 892. The van der Waals surface area contributed by atoms with Crippen molar-refractivity contribution in [1.82, 2.24) is 4.98 Å². The maximum absolute atomic E-state index is 10.8. The van der Waals surface area contributed by atoms with Crippen LogP contribution >= 0.6 is 11.3 Å². The molecule has 1 N–H and O–H groups in total. The highest BCUT2D eigenvalue weighted by molar-refractivity contribution is 7.14. The summed E-state index contributed by atoms with van der Waals surface area (Å²) in [7, 11) is 1.64. The minimum Gasteiger partial charge on any atom is -0.496 e. The van der Waals surface area contributed by atoms with E-state index < -0.39 is 4.92 Å². The third-order valence-electron chi connectivity index (χ3n) is 3.50. The predicted octanol–water partition coefficient (Wildman–Crippen LogP) is 4.78. The molecular weight excluding hydrogens is 326 g/mol. The summed E-state index contributed by atoms with van der Waals surface area (Å²) in [6, 6.07) is 12.2. The van der Waals surface area contributed by atoms with Crippen molar-refractivity contribution < 1.29 is 9.66 Å². The van der Waals surface area contributed by atoms with Gasteiger partial charge in [0.25, 0.3) is 5.69 Å². The minimum absolute atomic E-state index is 0.0440. The molecule has 0 aliphatic heterocycles. The Hall–Kier alpha value is -2.93. The first-order chi connectivity index (χ1) is 11.6. The predicted molar refractivity (Wildman–Crippen MR) is 95.2 cm³/mol. The number of methoxy groups -OCH3 is 1. The van der Waals surface area contributed by atoms with Gasteiger partial charge in [0.15, 0.2) is 5.13 Å². The van der Waals surface area contributed by atoms with Crippen molar-refractivity contribution in [3.63, 3.8) is 0 Å². The summed E-state index contributed by atoms with van der Waals surface area (Å²) >= 11 is 1.45. The average molecular weight is 341 g/mol. The van der Waals surface area contributed by atoms with Crippen LogP contribution in [0, 0.1) is 17.0 Å². The van der Waals surface area contributed by atoms with Crippen LogP contribution in [0.5, 0.6) is 5.75 Å². The molecule has 0 spiro atoms. The molecule has 7 heteroatoms. The number of hydrogen-bond acceptors (Lipinski definition) is 6. The number of nitrogens with zero attached hydrogens (tertiary/aromatic N) is 2. The number of ether oxygens (including phenoxy) is 1. The van der Waals surface area contributed by atoms with Gasteiger partial charge in [0.2, 0.25) is 0 Å². The Morgan fingerprint density at radius 3 is 2.79 bits per heavy atom. The van der Waals surface area contributed by atoms with Crippen LogP contribution in [0.25, 0.3) is 11.3 Å². The topological polar surface area (TPSA) is 77.3 Å². The smallest absolute Gasteiger partial charge is 0.271 e. The molecular formula is C17H15N3O3S. The number of aromatic nitrogens is 1. The van der Waals surface area contributed by atoms with Crippen molar-refractivity contribution in [3.05, 3.63) is 63.5 Å². The van der Waals surface area contributed by atoms with Crippen LogP contribution < -0.4 is 10.1 Å². The van der Waals surface area contributed by atoms with Gasteiger partial charge in [-0.1, -0.05) is 6.07 Å². The van der Waals surface area contributed by atoms with E-state index in [0.29, 0.717) is 10.8 Å². The summed E-state index contributed by atoms with van der Waals surface area (Å²) in [4.78, 5) is 15.0. The zero-order chi connectivity index (χ0) is 17.1. The molecule has 2 aromatic carbocycles. The van der Waals surface area contributed by atoms with Crippen LogP contribution in [0.4, 0.5) is 16.5 Å². The molecule has 122 valence electrons. The monoisotopic (exact) mass is 341 g/mol. The van der Waals surface area contributed by atoms with E-state index in [4.69, 9.17) is 4.74 Å². The molecule has 24 heavy (non-hydrogen) atoms. The fraction of sp³-hybridized carbons (Fsp3) is 0.118. The maximum Gasteiger partial charge on any atom is 0.271 e. The van der Waals surface area contributed by atoms with Gasteiger partial charge in [-0.15, -0.1) is 11.3 Å². The molecule has 0 unspecified atom stereocenters. The van der Waals surface area contributed by atoms with Gasteiger partial charge in [-0.25, -0.2) is 4.98 Å². The molecule has 0 saturated carbocycles. The SMILES string of the molecule is COc1ccc(-c2csc(Nc3cccc([N+](=O)[O-])c3)n2)cc1C. The van der Waals surface area contributed by atoms with Crippen LogP contribution in [0.3, 0.4) is 0 Å². The quantitative estimate of drug-likeness (QED) is 0.534. The highest BCUT2D eigenvalue weighted by Gasteiger charge is 2.09. The normalized spacial score (nSPS) is 10.4. The van der Waals surface area contributed by atoms with Crippen molar-refractivity contribution in [2.75, 3.05) is 12.4 Å². The third-order valence-corrected chi connectivity index (χ3v) is 4.26. The molecule has 1 heterocycles. The molecule has 0 aliphatic carbocycles. The fourth-order valence-corrected chi connectivity index (χ4v) is 3.06. The van der Waals surface area contributed by atoms with Gasteiger partial charge in [-0.3, -0.25) is 10.1 Å². The van der Waals surface area contributed by atoms with Gasteiger partial charge >= 0.3 is 0 Å². The number of non-ortho nitro benzene ring substituents is 1. The first kappa shape index (κ1) is 15.9. The fourth-order valence-electron chi connectivity index (χ4n) is 2.32. The number of benzene rings is 2. The summed E-state index contributed by atoms with van der Waals surface area (Å²) in [5, 5.41) is 16.6. The highest BCUT2D eigenvalue weighted by atomic mass is 32.1. The molecule has 0 amide bonds. The summed E-state index contributed by atoms with van der Waals surface area (Å²) in [6.07, 6.45) is 0. The molecule has 6 nitrogen and oxygen atoms in total. The van der Waals surface area contributed by atoms with Crippen LogP contribution in [0.2, 0.25) is 0 Å². The highest BCUT2D eigenvalue weighted by Crippen LogP contribution is 2.30. The zero-order valence-electron chi connectivity index (χ0n) is 13.1. The van der Waals surface area contributed by atoms with Gasteiger partial charge in [0, 0.05) is 28.8 Å². The molecule has 0 radical (unpaired) electrons. The van der Waals surface area contributed by atoms with Gasteiger partial charge in [-0.2, -0.15) is 0 Å². The number of rotatable bonds is 5. The number of nitro benzene ring substituents is 1. The summed E-state index contributed by atoms with van der Waals surface area (Å²) in [5.41, 5.74) is 3.56. The van der Waals surface area contributed by atoms with Crippen LogP contribution in [-0.2, 0) is 0 Å². The molecule has 0 aliphatic rings. The number of nitrogens with one attached hydrogen (secondary N) is 1. The standard InChI is InChI=1S/C17H15N3O3S/c1-11-8-12(6-7-16(11)23-2)15-10-24-17(19-15)18-13-4-3-5-14(9-13)20(21)22/h3-10H,1-2H3,(H,18,19). The van der Waals surface area contributed by atoms with Crippen molar-refractivity contribution in [2.24, 2.45) is 0 Å². The number of aryl methyl sites for hydroxylation is 1. The molecule has 0 fully saturated rings. The number of anilines is 2. The van der Waals surface area contributed by atoms with Gasteiger partial charge < -0.3 is 10.1 Å². The van der Waals surface area contributed by atoms with E-state index in [-0.39, 0.29) is 5.69 Å². The maximum atomic E-state index is 10.8. The molecule has 1 aromatic heterocycles. The van der Waals surface area contributed by atoms with Gasteiger partial charge in [0.05, 0.1) is 17.7 Å². The van der Waals surface area contributed by atoms with Crippen LogP contribution in [0.1, 0.15) is 5.56 Å². The van der Waals surface area contributed by atoms with Crippen molar-refractivity contribution >= 4 is 27.8 Å². The molecule has 0 atom stereocenters. The number of thiazole rings is 1. The molecule has 3 rings (SSSR count). The summed E-state index contributed by atoms with van der Waals surface area (Å²) < 4.78 is 5.27.